The van der Waals surface area contributed by atoms with Gasteiger partial charge in [0, 0.05) is 0 Å². The minimum atomic E-state index is 0. The molecule has 0 aromatic heterocycles. The topological polar surface area (TPSA) is 0 Å². The van der Waals surface area contributed by atoms with Gasteiger partial charge in [-0.25, -0.2) is 0 Å². The van der Waals surface area contributed by atoms with E-state index in [1.165, 1.54) is 5.30 Å². The summed E-state index contributed by atoms with van der Waals surface area (Å²) >= 11 is 0. The molecule has 42 valence electrons. The quantitative estimate of drug-likeness (QED) is 0.365. The molecule has 10 heavy (non-hydrogen) atoms. The Hall–Kier alpha value is 2.65. The molecule has 1 atom stereocenters. The standard InChI is InChI=1S/C6H7P.3Na.3H/c7-6-4-2-1-3-5-6;;;;;;/h1-5H,7H2;;;;;;. The monoisotopic (exact) mass is 182 g/mol. The molecule has 0 saturated heterocycles. The predicted molar refractivity (Wildman–Crippen MR) is 57.2 cm³/mol. The first-order chi connectivity index (χ1) is 3.39. The molecule has 0 N–H and O–H groups in total. The van der Waals surface area contributed by atoms with Crippen LogP contribution >= 0.6 is 9.24 Å². The molecule has 0 aliphatic carbocycles. The van der Waals surface area contributed by atoms with E-state index in [9.17, 15) is 0 Å². The fraction of sp³-hybridized carbons (Fsp3) is 0. The zero-order valence-corrected chi connectivity index (χ0v) is 5.12. The van der Waals surface area contributed by atoms with Gasteiger partial charge in [0.2, 0.25) is 0 Å². The van der Waals surface area contributed by atoms with E-state index in [-0.39, 0.29) is 88.7 Å². The molecule has 0 spiro atoms. The third-order valence-electron chi connectivity index (χ3n) is 0.800. The van der Waals surface area contributed by atoms with Crippen molar-refractivity contribution in [1.82, 2.24) is 0 Å². The normalized spacial score (nSPS) is 6.10. The van der Waals surface area contributed by atoms with Gasteiger partial charge in [0.15, 0.2) is 0 Å². The Morgan fingerprint density at radius 3 is 1.40 bits per heavy atom. The molecule has 1 rings (SSSR count). The Bertz CT molecular complexity index is 143. The van der Waals surface area contributed by atoms with Crippen molar-refractivity contribution in [2.75, 3.05) is 0 Å². The van der Waals surface area contributed by atoms with Crippen LogP contribution in [-0.2, 0) is 0 Å². The second-order valence-electron chi connectivity index (χ2n) is 1.41. The molecule has 1 aromatic carbocycles. The number of hydrogen-bond acceptors (Lipinski definition) is 0. The molecular weight excluding hydrogens is 172 g/mol. The van der Waals surface area contributed by atoms with E-state index < -0.39 is 0 Å². The minimum absolute atomic E-state index is 0. The van der Waals surface area contributed by atoms with Crippen LogP contribution in [0.4, 0.5) is 0 Å². The SMILES string of the molecule is Pc1ccccc1.[NaH].[NaH].[NaH]. The Labute approximate surface area is 131 Å². The van der Waals surface area contributed by atoms with Crippen molar-refractivity contribution in [3.63, 3.8) is 0 Å². The zero-order valence-electron chi connectivity index (χ0n) is 3.96. The van der Waals surface area contributed by atoms with Crippen LogP contribution in [0.15, 0.2) is 30.3 Å². The fourth-order valence-corrected chi connectivity index (χ4v) is 0.675. The van der Waals surface area contributed by atoms with Gasteiger partial charge in [-0.3, -0.25) is 0 Å². The Kier molecular flexibility index (Phi) is 21.5. The molecule has 1 unspecified atom stereocenters. The summed E-state index contributed by atoms with van der Waals surface area (Å²) < 4.78 is 0. The van der Waals surface area contributed by atoms with Gasteiger partial charge in [0.05, 0.1) is 0 Å². The summed E-state index contributed by atoms with van der Waals surface area (Å²) in [6, 6.07) is 10.1. The van der Waals surface area contributed by atoms with Crippen LogP contribution in [0.5, 0.6) is 0 Å². The van der Waals surface area contributed by atoms with Crippen molar-refractivity contribution in [2.24, 2.45) is 0 Å². The number of rotatable bonds is 0. The first-order valence-electron chi connectivity index (χ1n) is 2.20. The van der Waals surface area contributed by atoms with Crippen LogP contribution in [0.25, 0.3) is 0 Å². The molecule has 0 bridgehead atoms. The van der Waals surface area contributed by atoms with E-state index in [0.717, 1.165) is 0 Å². The number of benzene rings is 1. The van der Waals surface area contributed by atoms with Gasteiger partial charge in [0.1, 0.15) is 0 Å². The van der Waals surface area contributed by atoms with Crippen LogP contribution in [0.3, 0.4) is 0 Å². The van der Waals surface area contributed by atoms with E-state index in [1.807, 2.05) is 30.3 Å². The van der Waals surface area contributed by atoms with Gasteiger partial charge >= 0.3 is 88.7 Å². The molecule has 0 aliphatic heterocycles. The van der Waals surface area contributed by atoms with Crippen LogP contribution in [0.2, 0.25) is 0 Å². The molecule has 0 aliphatic rings. The summed E-state index contributed by atoms with van der Waals surface area (Å²) in [5.74, 6) is 0. The Balaban J connectivity index is -0.000000163. The van der Waals surface area contributed by atoms with Gasteiger partial charge in [-0.1, -0.05) is 30.3 Å². The van der Waals surface area contributed by atoms with E-state index in [0.29, 0.717) is 0 Å². The third-order valence-corrected chi connectivity index (χ3v) is 1.18. The van der Waals surface area contributed by atoms with Crippen molar-refractivity contribution in [2.45, 2.75) is 0 Å². The van der Waals surface area contributed by atoms with Crippen molar-refractivity contribution < 1.29 is 0 Å². The van der Waals surface area contributed by atoms with Crippen molar-refractivity contribution >= 4 is 103 Å². The molecule has 0 radical (unpaired) electrons. The number of hydrogen-bond donors (Lipinski definition) is 0. The molecule has 0 amide bonds. The molecule has 1 aromatic rings. The van der Waals surface area contributed by atoms with Crippen LogP contribution in [0, 0.1) is 0 Å². The van der Waals surface area contributed by atoms with E-state index in [1.54, 1.807) is 0 Å². The van der Waals surface area contributed by atoms with Crippen molar-refractivity contribution in [3.8, 4) is 0 Å². The average molecular weight is 182 g/mol. The molecule has 0 heterocycles. The fourth-order valence-electron chi connectivity index (χ4n) is 0.453. The van der Waals surface area contributed by atoms with Crippen molar-refractivity contribution in [1.29, 1.82) is 0 Å². The van der Waals surface area contributed by atoms with E-state index in [2.05, 4.69) is 9.24 Å². The molecule has 0 saturated carbocycles. The average Bonchev–Trinajstić information content (AvgIpc) is 1.69. The van der Waals surface area contributed by atoms with Crippen LogP contribution in [-0.4, -0.2) is 88.7 Å². The van der Waals surface area contributed by atoms with Crippen LogP contribution in [0.1, 0.15) is 0 Å². The summed E-state index contributed by atoms with van der Waals surface area (Å²) in [5, 5.41) is 1.24. The first kappa shape index (κ1) is 18.4. The third kappa shape index (κ3) is 8.74. The zero-order chi connectivity index (χ0) is 5.11. The van der Waals surface area contributed by atoms with Gasteiger partial charge in [0.25, 0.3) is 0 Å². The summed E-state index contributed by atoms with van der Waals surface area (Å²) in [7, 11) is 2.63. The van der Waals surface area contributed by atoms with E-state index >= 15 is 0 Å². The first-order valence-corrected chi connectivity index (χ1v) is 2.78. The molecule has 0 nitrogen and oxygen atoms in total. The summed E-state index contributed by atoms with van der Waals surface area (Å²) in [6.45, 7) is 0. The molecular formula is C6H10Na3P. The van der Waals surface area contributed by atoms with Gasteiger partial charge < -0.3 is 0 Å². The molecule has 0 fully saturated rings. The summed E-state index contributed by atoms with van der Waals surface area (Å²) in [6.07, 6.45) is 0. The van der Waals surface area contributed by atoms with Gasteiger partial charge in [-0.2, -0.15) is 0 Å². The summed E-state index contributed by atoms with van der Waals surface area (Å²) in [5.41, 5.74) is 0. The molecule has 4 heteroatoms. The second kappa shape index (κ2) is 11.6. The Morgan fingerprint density at radius 2 is 1.20 bits per heavy atom. The van der Waals surface area contributed by atoms with Gasteiger partial charge in [-0.05, 0) is 5.30 Å². The maximum atomic E-state index is 2.63. The second-order valence-corrected chi connectivity index (χ2v) is 2.08. The maximum absolute atomic E-state index is 2.63. The predicted octanol–water partition coefficient (Wildman–Crippen LogP) is -0.759. The Morgan fingerprint density at radius 1 is 0.800 bits per heavy atom. The van der Waals surface area contributed by atoms with Gasteiger partial charge in [-0.15, -0.1) is 9.24 Å². The van der Waals surface area contributed by atoms with Crippen LogP contribution < -0.4 is 5.30 Å². The summed E-state index contributed by atoms with van der Waals surface area (Å²) in [4.78, 5) is 0. The van der Waals surface area contributed by atoms with Crippen molar-refractivity contribution in [3.05, 3.63) is 30.3 Å². The van der Waals surface area contributed by atoms with E-state index in [4.69, 9.17) is 0 Å².